The van der Waals surface area contributed by atoms with Crippen LogP contribution in [0, 0.1) is 25.2 Å². The van der Waals surface area contributed by atoms with Crippen LogP contribution < -0.4 is 0 Å². The molecule has 0 radical (unpaired) electrons. The van der Waals surface area contributed by atoms with Gasteiger partial charge in [-0.3, -0.25) is 0 Å². The fourth-order valence-corrected chi connectivity index (χ4v) is 1.48. The van der Waals surface area contributed by atoms with Crippen molar-refractivity contribution in [1.82, 2.24) is 9.97 Å². The molecular weight excluding hydrogens is 174 g/mol. The second-order valence-electron chi connectivity index (χ2n) is 3.47. The van der Waals surface area contributed by atoms with Gasteiger partial charge in [0.2, 0.25) is 0 Å². The number of imidazole rings is 1. The molecule has 0 aliphatic heterocycles. The molecule has 0 amide bonds. The molecule has 0 atom stereocenters. The van der Waals surface area contributed by atoms with Gasteiger partial charge < -0.3 is 4.98 Å². The highest BCUT2D eigenvalue weighted by molar-refractivity contribution is 5.77. The van der Waals surface area contributed by atoms with Gasteiger partial charge in [-0.15, -0.1) is 0 Å². The molecule has 0 bridgehead atoms. The molecule has 1 heterocycles. The molecule has 1 aromatic carbocycles. The fraction of sp³-hybridized carbons (Fsp3) is 0.273. The molecule has 1 N–H and O–H groups in total. The van der Waals surface area contributed by atoms with E-state index in [0.717, 1.165) is 16.9 Å². The third-order valence-electron chi connectivity index (χ3n) is 2.39. The molecule has 0 aliphatic rings. The second-order valence-corrected chi connectivity index (χ2v) is 3.47. The molecular formula is C11H11N3. The summed E-state index contributed by atoms with van der Waals surface area (Å²) >= 11 is 0. The highest BCUT2D eigenvalue weighted by Crippen LogP contribution is 2.17. The van der Waals surface area contributed by atoms with Gasteiger partial charge in [-0.25, -0.2) is 4.98 Å². The number of benzene rings is 1. The Labute approximate surface area is 82.4 Å². The zero-order valence-corrected chi connectivity index (χ0v) is 8.26. The third-order valence-corrected chi connectivity index (χ3v) is 2.39. The lowest BCUT2D eigenvalue weighted by Gasteiger charge is -1.97. The maximum Gasteiger partial charge on any atom is 0.121 e. The molecule has 0 aliphatic carbocycles. The number of aryl methyl sites for hydroxylation is 2. The molecule has 2 rings (SSSR count). The van der Waals surface area contributed by atoms with Crippen molar-refractivity contribution in [2.24, 2.45) is 0 Å². The summed E-state index contributed by atoms with van der Waals surface area (Å²) < 4.78 is 0. The molecule has 70 valence electrons. The average molecular weight is 185 g/mol. The number of aromatic amines is 1. The predicted molar refractivity (Wildman–Crippen MR) is 54.9 cm³/mol. The van der Waals surface area contributed by atoms with Crippen molar-refractivity contribution in [3.63, 3.8) is 0 Å². The number of rotatable bonds is 1. The first-order chi connectivity index (χ1) is 6.70. The smallest absolute Gasteiger partial charge is 0.121 e. The Balaban J connectivity index is 2.61. The topological polar surface area (TPSA) is 52.5 Å². The zero-order valence-electron chi connectivity index (χ0n) is 8.26. The van der Waals surface area contributed by atoms with Crippen LogP contribution in [0.2, 0.25) is 0 Å². The lowest BCUT2D eigenvalue weighted by Crippen LogP contribution is -1.82. The molecule has 14 heavy (non-hydrogen) atoms. The molecule has 2 aromatic rings. The molecule has 3 nitrogen and oxygen atoms in total. The number of aromatic nitrogens is 2. The standard InChI is InChI=1S/C11H11N3/c1-7-5-9-10(6-8(7)2)14-11(13-9)3-4-12/h5-6H,3H2,1-2H3,(H,13,14). The van der Waals surface area contributed by atoms with Gasteiger partial charge >= 0.3 is 0 Å². The summed E-state index contributed by atoms with van der Waals surface area (Å²) in [5.41, 5.74) is 4.42. The van der Waals surface area contributed by atoms with Gasteiger partial charge in [0.25, 0.3) is 0 Å². The van der Waals surface area contributed by atoms with E-state index < -0.39 is 0 Å². The summed E-state index contributed by atoms with van der Waals surface area (Å²) in [4.78, 5) is 7.46. The van der Waals surface area contributed by atoms with Crippen molar-refractivity contribution < 1.29 is 0 Å². The number of hydrogen-bond donors (Lipinski definition) is 1. The van der Waals surface area contributed by atoms with E-state index in [4.69, 9.17) is 5.26 Å². The SMILES string of the molecule is Cc1cc2nc(CC#N)[nH]c2cc1C. The zero-order chi connectivity index (χ0) is 10.1. The maximum atomic E-state index is 8.54. The van der Waals surface area contributed by atoms with Gasteiger partial charge in [0, 0.05) is 0 Å². The maximum absolute atomic E-state index is 8.54. The number of nitrogens with one attached hydrogen (secondary N) is 1. The van der Waals surface area contributed by atoms with Crippen LogP contribution in [0.1, 0.15) is 17.0 Å². The Morgan fingerprint density at radius 1 is 1.36 bits per heavy atom. The van der Waals surface area contributed by atoms with E-state index in [-0.39, 0.29) is 0 Å². The molecule has 0 saturated heterocycles. The van der Waals surface area contributed by atoms with E-state index in [2.05, 4.69) is 36.0 Å². The largest absolute Gasteiger partial charge is 0.341 e. The summed E-state index contributed by atoms with van der Waals surface area (Å²) in [6.45, 7) is 4.13. The summed E-state index contributed by atoms with van der Waals surface area (Å²) in [5, 5.41) is 8.54. The summed E-state index contributed by atoms with van der Waals surface area (Å²) in [7, 11) is 0. The normalized spacial score (nSPS) is 10.4. The van der Waals surface area contributed by atoms with Crippen LogP contribution in [0.5, 0.6) is 0 Å². The number of hydrogen-bond acceptors (Lipinski definition) is 2. The first-order valence-corrected chi connectivity index (χ1v) is 4.53. The van der Waals surface area contributed by atoms with Crippen molar-refractivity contribution in [2.45, 2.75) is 20.3 Å². The highest BCUT2D eigenvalue weighted by Gasteiger charge is 2.03. The summed E-state index contributed by atoms with van der Waals surface area (Å²) in [5.74, 6) is 0.743. The van der Waals surface area contributed by atoms with Crippen LogP contribution in [0.25, 0.3) is 11.0 Å². The van der Waals surface area contributed by atoms with Crippen molar-refractivity contribution >= 4 is 11.0 Å². The Hall–Kier alpha value is -1.82. The van der Waals surface area contributed by atoms with Crippen LogP contribution in [0.3, 0.4) is 0 Å². The first kappa shape index (κ1) is 8.76. The van der Waals surface area contributed by atoms with Gasteiger partial charge in [-0.1, -0.05) is 0 Å². The number of nitrogens with zero attached hydrogens (tertiary/aromatic N) is 2. The summed E-state index contributed by atoms with van der Waals surface area (Å²) in [6, 6.07) is 6.19. The van der Waals surface area contributed by atoms with E-state index >= 15 is 0 Å². The molecule has 0 unspecified atom stereocenters. The van der Waals surface area contributed by atoms with Crippen LogP contribution >= 0.6 is 0 Å². The van der Waals surface area contributed by atoms with Crippen LogP contribution in [-0.4, -0.2) is 9.97 Å². The van der Waals surface area contributed by atoms with E-state index in [1.54, 1.807) is 0 Å². The second kappa shape index (κ2) is 3.15. The Morgan fingerprint density at radius 2 is 2.07 bits per heavy atom. The lowest BCUT2D eigenvalue weighted by molar-refractivity contribution is 1.08. The quantitative estimate of drug-likeness (QED) is 0.740. The van der Waals surface area contributed by atoms with Crippen LogP contribution in [0.15, 0.2) is 12.1 Å². The van der Waals surface area contributed by atoms with Gasteiger partial charge in [-0.05, 0) is 37.1 Å². The van der Waals surface area contributed by atoms with E-state index in [1.807, 2.05) is 6.07 Å². The van der Waals surface area contributed by atoms with E-state index in [1.165, 1.54) is 11.1 Å². The van der Waals surface area contributed by atoms with Gasteiger partial charge in [0.1, 0.15) is 5.82 Å². The van der Waals surface area contributed by atoms with Crippen molar-refractivity contribution in [3.8, 4) is 6.07 Å². The van der Waals surface area contributed by atoms with Crippen LogP contribution in [-0.2, 0) is 6.42 Å². The molecule has 0 spiro atoms. The minimum Gasteiger partial charge on any atom is -0.341 e. The highest BCUT2D eigenvalue weighted by atomic mass is 14.9. The third kappa shape index (κ3) is 1.35. The predicted octanol–water partition coefficient (Wildman–Crippen LogP) is 2.25. The Bertz CT molecular complexity index is 478. The van der Waals surface area contributed by atoms with Gasteiger partial charge in [-0.2, -0.15) is 5.26 Å². The average Bonchev–Trinajstić information content (AvgIpc) is 2.48. The van der Waals surface area contributed by atoms with Crippen molar-refractivity contribution in [1.29, 1.82) is 5.26 Å². The molecule has 0 saturated carbocycles. The fourth-order valence-electron chi connectivity index (χ4n) is 1.48. The summed E-state index contributed by atoms with van der Waals surface area (Å²) in [6.07, 6.45) is 0.340. The van der Waals surface area contributed by atoms with E-state index in [9.17, 15) is 0 Å². The Morgan fingerprint density at radius 3 is 2.79 bits per heavy atom. The molecule has 3 heteroatoms. The molecule has 0 fully saturated rings. The molecule has 1 aromatic heterocycles. The lowest BCUT2D eigenvalue weighted by atomic mass is 10.1. The van der Waals surface area contributed by atoms with Crippen molar-refractivity contribution in [2.75, 3.05) is 0 Å². The number of H-pyrrole nitrogens is 1. The number of fused-ring (bicyclic) bond motifs is 1. The Kier molecular flexibility index (Phi) is 1.97. The van der Waals surface area contributed by atoms with Gasteiger partial charge in [0.05, 0.1) is 23.5 Å². The minimum atomic E-state index is 0.340. The van der Waals surface area contributed by atoms with E-state index in [0.29, 0.717) is 6.42 Å². The van der Waals surface area contributed by atoms with Gasteiger partial charge in [0.15, 0.2) is 0 Å². The minimum absolute atomic E-state index is 0.340. The monoisotopic (exact) mass is 185 g/mol. The van der Waals surface area contributed by atoms with Crippen LogP contribution in [0.4, 0.5) is 0 Å². The first-order valence-electron chi connectivity index (χ1n) is 4.53. The number of nitriles is 1. The van der Waals surface area contributed by atoms with Crippen molar-refractivity contribution in [3.05, 3.63) is 29.1 Å².